The van der Waals surface area contributed by atoms with Crippen LogP contribution < -0.4 is 5.32 Å². The maximum absolute atomic E-state index is 6.21. The van der Waals surface area contributed by atoms with Crippen LogP contribution in [-0.4, -0.2) is 26.8 Å². The van der Waals surface area contributed by atoms with Crippen LogP contribution in [-0.2, 0) is 0 Å². The molecule has 0 aliphatic rings. The average Bonchev–Trinajstić information content (AvgIpc) is 2.91. The van der Waals surface area contributed by atoms with E-state index < -0.39 is 0 Å². The molecule has 2 heterocycles. The van der Waals surface area contributed by atoms with Crippen LogP contribution >= 0.6 is 11.6 Å². The molecule has 2 N–H and O–H groups in total. The Balaban J connectivity index is 2.47. The summed E-state index contributed by atoms with van der Waals surface area (Å²) >= 11 is 6.21. The maximum atomic E-state index is 6.21. The maximum Gasteiger partial charge on any atom is 0.129 e. The second-order valence-corrected chi connectivity index (χ2v) is 4.52. The highest BCUT2D eigenvalue weighted by Gasteiger charge is 2.23. The van der Waals surface area contributed by atoms with Crippen molar-refractivity contribution in [2.75, 3.05) is 7.05 Å². The molecule has 2 aromatic rings. The lowest BCUT2D eigenvalue weighted by Gasteiger charge is -2.18. The number of hydrogen-bond acceptors (Lipinski definition) is 3. The standard InChI is InChI=1S/C11H16ClN5/c1-7(2)17-10(8(12)6-16-17)9(13-3)11-14-4-5-15-11/h4-7,9,13H,1-3H3,(H,14,15). The van der Waals surface area contributed by atoms with Crippen LogP contribution in [0.15, 0.2) is 18.6 Å². The van der Waals surface area contributed by atoms with Crippen LogP contribution in [0.3, 0.4) is 0 Å². The van der Waals surface area contributed by atoms with E-state index in [-0.39, 0.29) is 12.1 Å². The Kier molecular flexibility index (Phi) is 3.49. The number of H-pyrrole nitrogens is 1. The van der Waals surface area contributed by atoms with Gasteiger partial charge in [-0.3, -0.25) is 4.68 Å². The Morgan fingerprint density at radius 1 is 1.47 bits per heavy atom. The van der Waals surface area contributed by atoms with Gasteiger partial charge in [-0.25, -0.2) is 4.98 Å². The first-order valence-corrected chi connectivity index (χ1v) is 5.92. The molecule has 0 aliphatic heterocycles. The monoisotopic (exact) mass is 253 g/mol. The molecule has 0 aromatic carbocycles. The fourth-order valence-electron chi connectivity index (χ4n) is 1.87. The zero-order chi connectivity index (χ0) is 12.4. The summed E-state index contributed by atoms with van der Waals surface area (Å²) in [5, 5.41) is 8.15. The molecule has 0 spiro atoms. The largest absolute Gasteiger partial charge is 0.347 e. The van der Waals surface area contributed by atoms with Crippen molar-refractivity contribution < 1.29 is 0 Å². The summed E-state index contributed by atoms with van der Waals surface area (Å²) in [5.74, 6) is 0.830. The minimum Gasteiger partial charge on any atom is -0.347 e. The van der Waals surface area contributed by atoms with Crippen molar-refractivity contribution >= 4 is 11.6 Å². The van der Waals surface area contributed by atoms with Crippen molar-refractivity contribution in [1.82, 2.24) is 25.1 Å². The highest BCUT2D eigenvalue weighted by Crippen LogP contribution is 2.28. The highest BCUT2D eigenvalue weighted by atomic mass is 35.5. The van der Waals surface area contributed by atoms with Gasteiger partial charge in [0, 0.05) is 18.4 Å². The molecular formula is C11H16ClN5. The number of rotatable bonds is 4. The van der Waals surface area contributed by atoms with Crippen LogP contribution in [0.25, 0.3) is 0 Å². The summed E-state index contributed by atoms with van der Waals surface area (Å²) < 4.78 is 1.91. The van der Waals surface area contributed by atoms with Crippen LogP contribution in [0.4, 0.5) is 0 Å². The van der Waals surface area contributed by atoms with Gasteiger partial charge in [0.15, 0.2) is 0 Å². The van der Waals surface area contributed by atoms with Crippen LogP contribution in [0.1, 0.15) is 37.4 Å². The molecule has 1 unspecified atom stereocenters. The van der Waals surface area contributed by atoms with Gasteiger partial charge in [-0.1, -0.05) is 11.6 Å². The van der Waals surface area contributed by atoms with Crippen molar-refractivity contribution in [1.29, 1.82) is 0 Å². The average molecular weight is 254 g/mol. The number of imidazole rings is 1. The summed E-state index contributed by atoms with van der Waals surface area (Å²) in [4.78, 5) is 7.36. The van der Waals surface area contributed by atoms with E-state index in [0.29, 0.717) is 5.02 Å². The predicted octanol–water partition coefficient (Wildman–Crippen LogP) is 2.15. The van der Waals surface area contributed by atoms with E-state index in [1.54, 1.807) is 18.6 Å². The van der Waals surface area contributed by atoms with Gasteiger partial charge < -0.3 is 10.3 Å². The van der Waals surface area contributed by atoms with Crippen molar-refractivity contribution in [3.63, 3.8) is 0 Å². The molecule has 0 amide bonds. The molecule has 17 heavy (non-hydrogen) atoms. The molecule has 5 nitrogen and oxygen atoms in total. The smallest absolute Gasteiger partial charge is 0.129 e. The summed E-state index contributed by atoms with van der Waals surface area (Å²) in [6.07, 6.45) is 5.19. The lowest BCUT2D eigenvalue weighted by molar-refractivity contribution is 0.478. The number of halogens is 1. The Labute approximate surface area is 105 Å². The first-order chi connectivity index (χ1) is 8.15. The Bertz CT molecular complexity index is 474. The quantitative estimate of drug-likeness (QED) is 0.878. The molecule has 0 saturated heterocycles. The topological polar surface area (TPSA) is 58.5 Å². The first-order valence-electron chi connectivity index (χ1n) is 5.54. The third-order valence-electron chi connectivity index (χ3n) is 2.63. The molecule has 2 rings (SSSR count). The van der Waals surface area contributed by atoms with Gasteiger partial charge in [0.1, 0.15) is 11.9 Å². The van der Waals surface area contributed by atoms with Crippen LogP contribution in [0.5, 0.6) is 0 Å². The molecule has 0 fully saturated rings. The first kappa shape index (κ1) is 12.1. The molecule has 0 bridgehead atoms. The van der Waals surface area contributed by atoms with Gasteiger partial charge in [0.05, 0.1) is 16.9 Å². The van der Waals surface area contributed by atoms with Gasteiger partial charge >= 0.3 is 0 Å². The summed E-state index contributed by atoms with van der Waals surface area (Å²) in [6.45, 7) is 4.14. The Morgan fingerprint density at radius 2 is 2.24 bits per heavy atom. The fraction of sp³-hybridized carbons (Fsp3) is 0.455. The van der Waals surface area contributed by atoms with E-state index in [1.165, 1.54) is 0 Å². The predicted molar refractivity (Wildman–Crippen MR) is 67.1 cm³/mol. The number of nitrogens with one attached hydrogen (secondary N) is 2. The molecule has 2 aromatic heterocycles. The van der Waals surface area contributed by atoms with E-state index in [1.807, 2.05) is 11.7 Å². The fourth-order valence-corrected chi connectivity index (χ4v) is 2.11. The van der Waals surface area contributed by atoms with Crippen molar-refractivity contribution in [3.05, 3.63) is 35.1 Å². The number of aromatic nitrogens is 4. The van der Waals surface area contributed by atoms with Gasteiger partial charge in [-0.15, -0.1) is 0 Å². The number of hydrogen-bond donors (Lipinski definition) is 2. The minimum atomic E-state index is -0.0811. The summed E-state index contributed by atoms with van der Waals surface area (Å²) in [7, 11) is 1.88. The second kappa shape index (κ2) is 4.89. The SMILES string of the molecule is CNC(c1ncc[nH]1)c1c(Cl)cnn1C(C)C. The summed E-state index contributed by atoms with van der Waals surface area (Å²) in [5.41, 5.74) is 0.930. The van der Waals surface area contributed by atoms with Gasteiger partial charge in [0.25, 0.3) is 0 Å². The lowest BCUT2D eigenvalue weighted by atomic mass is 10.2. The zero-order valence-electron chi connectivity index (χ0n) is 10.1. The van der Waals surface area contributed by atoms with E-state index in [0.717, 1.165) is 11.5 Å². The van der Waals surface area contributed by atoms with Crippen LogP contribution in [0, 0.1) is 0 Å². The molecule has 0 saturated carbocycles. The Hall–Kier alpha value is -1.33. The van der Waals surface area contributed by atoms with Crippen molar-refractivity contribution in [2.45, 2.75) is 25.9 Å². The normalized spacial score (nSPS) is 13.2. The van der Waals surface area contributed by atoms with Gasteiger partial charge in [-0.2, -0.15) is 5.10 Å². The van der Waals surface area contributed by atoms with Crippen LogP contribution in [0.2, 0.25) is 5.02 Å². The zero-order valence-corrected chi connectivity index (χ0v) is 10.9. The highest BCUT2D eigenvalue weighted by molar-refractivity contribution is 6.31. The number of aromatic amines is 1. The molecular weight excluding hydrogens is 238 g/mol. The molecule has 6 heteroatoms. The minimum absolute atomic E-state index is 0.0811. The van der Waals surface area contributed by atoms with E-state index in [9.17, 15) is 0 Å². The van der Waals surface area contributed by atoms with E-state index >= 15 is 0 Å². The third-order valence-corrected chi connectivity index (χ3v) is 2.92. The number of nitrogens with zero attached hydrogens (tertiary/aromatic N) is 3. The van der Waals surface area contributed by atoms with Gasteiger partial charge in [0.2, 0.25) is 0 Å². The van der Waals surface area contributed by atoms with Crippen molar-refractivity contribution in [2.24, 2.45) is 0 Å². The van der Waals surface area contributed by atoms with E-state index in [2.05, 4.69) is 34.2 Å². The third kappa shape index (κ3) is 2.21. The molecule has 1 atom stereocenters. The Morgan fingerprint density at radius 3 is 2.76 bits per heavy atom. The summed E-state index contributed by atoms with van der Waals surface area (Å²) in [6, 6.07) is 0.172. The van der Waals surface area contributed by atoms with Gasteiger partial charge in [-0.05, 0) is 20.9 Å². The molecule has 0 radical (unpaired) electrons. The molecule has 92 valence electrons. The molecule has 0 aliphatic carbocycles. The van der Waals surface area contributed by atoms with Crippen molar-refractivity contribution in [3.8, 4) is 0 Å². The second-order valence-electron chi connectivity index (χ2n) is 4.11. The van der Waals surface area contributed by atoms with E-state index in [4.69, 9.17) is 11.6 Å². The lowest BCUT2D eigenvalue weighted by Crippen LogP contribution is -2.23.